The Kier molecular flexibility index (Phi) is 6.36. The zero-order valence-corrected chi connectivity index (χ0v) is 13.2. The van der Waals surface area contributed by atoms with E-state index in [2.05, 4.69) is 26.1 Å². The molecule has 1 rings (SSSR count). The van der Waals surface area contributed by atoms with E-state index >= 15 is 0 Å². The molecule has 0 fully saturated rings. The third kappa shape index (κ3) is 5.06. The van der Waals surface area contributed by atoms with Crippen molar-refractivity contribution in [3.05, 3.63) is 28.8 Å². The van der Waals surface area contributed by atoms with Crippen LogP contribution in [-0.2, 0) is 4.79 Å². The molecular formula is C14H18ClNO3S. The van der Waals surface area contributed by atoms with Crippen molar-refractivity contribution in [1.29, 1.82) is 0 Å². The largest absolute Gasteiger partial charge is 0.478 e. The number of carboxylic acid groups (broad SMARTS) is 1. The second-order valence-electron chi connectivity index (χ2n) is 4.81. The summed E-state index contributed by atoms with van der Waals surface area (Å²) in [4.78, 5) is 22.7. The van der Waals surface area contributed by atoms with E-state index in [-0.39, 0.29) is 11.5 Å². The number of nitrogens with one attached hydrogen (secondary N) is 1. The standard InChI is InChI=1S/C14H18ClNO3S/c1-8(2)9(3)20-7-13(17)16-12-6-10(14(18)19)4-5-11(12)15/h4-6,8-9H,7H2,1-3H3,(H,16,17)(H,18,19). The van der Waals surface area contributed by atoms with Gasteiger partial charge in [-0.15, -0.1) is 11.8 Å². The average molecular weight is 316 g/mol. The molecule has 0 spiro atoms. The Morgan fingerprint density at radius 3 is 2.55 bits per heavy atom. The molecule has 1 unspecified atom stereocenters. The van der Waals surface area contributed by atoms with Crippen LogP contribution in [0.5, 0.6) is 0 Å². The summed E-state index contributed by atoms with van der Waals surface area (Å²) in [5.41, 5.74) is 0.419. The molecule has 6 heteroatoms. The minimum absolute atomic E-state index is 0.0906. The molecule has 1 amide bonds. The molecule has 0 bridgehead atoms. The highest BCUT2D eigenvalue weighted by molar-refractivity contribution is 8.00. The lowest BCUT2D eigenvalue weighted by Crippen LogP contribution is -2.18. The summed E-state index contributed by atoms with van der Waals surface area (Å²) in [6, 6.07) is 4.22. The van der Waals surface area contributed by atoms with E-state index in [1.807, 2.05) is 0 Å². The van der Waals surface area contributed by atoms with Crippen molar-refractivity contribution in [2.24, 2.45) is 5.92 Å². The number of benzene rings is 1. The summed E-state index contributed by atoms with van der Waals surface area (Å²) in [6.45, 7) is 6.27. The fraction of sp³-hybridized carbons (Fsp3) is 0.429. The molecule has 1 aromatic carbocycles. The predicted octanol–water partition coefficient (Wildman–Crippen LogP) is 3.75. The summed E-state index contributed by atoms with van der Waals surface area (Å²) < 4.78 is 0. The number of hydrogen-bond acceptors (Lipinski definition) is 3. The first-order chi connectivity index (χ1) is 9.31. The van der Waals surface area contributed by atoms with Gasteiger partial charge in [-0.05, 0) is 24.1 Å². The number of hydrogen-bond donors (Lipinski definition) is 2. The van der Waals surface area contributed by atoms with Crippen molar-refractivity contribution in [2.75, 3.05) is 11.1 Å². The third-order valence-corrected chi connectivity index (χ3v) is 4.73. The molecule has 0 saturated heterocycles. The normalized spacial score (nSPS) is 12.2. The van der Waals surface area contributed by atoms with E-state index in [0.717, 1.165) is 0 Å². The van der Waals surface area contributed by atoms with Gasteiger partial charge in [0.15, 0.2) is 0 Å². The number of carboxylic acids is 1. The van der Waals surface area contributed by atoms with Crippen molar-refractivity contribution in [3.63, 3.8) is 0 Å². The summed E-state index contributed by atoms with van der Waals surface area (Å²) in [5, 5.41) is 12.3. The van der Waals surface area contributed by atoms with E-state index in [1.165, 1.54) is 18.2 Å². The highest BCUT2D eigenvalue weighted by Gasteiger charge is 2.13. The summed E-state index contributed by atoms with van der Waals surface area (Å²) in [7, 11) is 0. The lowest BCUT2D eigenvalue weighted by atomic mass is 10.2. The van der Waals surface area contributed by atoms with Crippen molar-refractivity contribution >= 4 is 40.9 Å². The fourth-order valence-electron chi connectivity index (χ4n) is 1.34. The molecule has 4 nitrogen and oxygen atoms in total. The van der Waals surface area contributed by atoms with Crippen LogP contribution in [0.2, 0.25) is 5.02 Å². The van der Waals surface area contributed by atoms with Gasteiger partial charge in [-0.1, -0.05) is 32.4 Å². The SMILES string of the molecule is CC(C)C(C)SCC(=O)Nc1cc(C(=O)O)ccc1Cl. The predicted molar refractivity (Wildman–Crippen MR) is 83.8 cm³/mol. The van der Waals surface area contributed by atoms with E-state index < -0.39 is 5.97 Å². The zero-order chi connectivity index (χ0) is 15.3. The van der Waals surface area contributed by atoms with Crippen LogP contribution in [0.4, 0.5) is 5.69 Å². The topological polar surface area (TPSA) is 66.4 Å². The van der Waals surface area contributed by atoms with Gasteiger partial charge in [-0.3, -0.25) is 4.79 Å². The Labute approximate surface area is 127 Å². The van der Waals surface area contributed by atoms with Gasteiger partial charge in [-0.2, -0.15) is 0 Å². The second kappa shape index (κ2) is 7.55. The molecule has 0 heterocycles. The number of rotatable bonds is 6. The lowest BCUT2D eigenvalue weighted by Gasteiger charge is -2.15. The average Bonchev–Trinajstić information content (AvgIpc) is 2.38. The summed E-state index contributed by atoms with van der Waals surface area (Å²) in [6.07, 6.45) is 0. The first-order valence-corrected chi connectivity index (χ1v) is 7.68. The Morgan fingerprint density at radius 2 is 2.00 bits per heavy atom. The molecule has 0 aliphatic rings. The molecule has 20 heavy (non-hydrogen) atoms. The van der Waals surface area contributed by atoms with Crippen molar-refractivity contribution in [2.45, 2.75) is 26.0 Å². The van der Waals surface area contributed by atoms with Gasteiger partial charge in [0, 0.05) is 5.25 Å². The van der Waals surface area contributed by atoms with Crippen LogP contribution in [0.1, 0.15) is 31.1 Å². The first-order valence-electron chi connectivity index (χ1n) is 6.25. The van der Waals surface area contributed by atoms with Crippen molar-refractivity contribution < 1.29 is 14.7 Å². The van der Waals surface area contributed by atoms with Gasteiger partial charge < -0.3 is 10.4 Å². The van der Waals surface area contributed by atoms with E-state index in [0.29, 0.717) is 27.6 Å². The smallest absolute Gasteiger partial charge is 0.335 e. The van der Waals surface area contributed by atoms with Gasteiger partial charge in [0.1, 0.15) is 0 Å². The van der Waals surface area contributed by atoms with Crippen LogP contribution in [0, 0.1) is 5.92 Å². The molecule has 0 saturated carbocycles. The van der Waals surface area contributed by atoms with E-state index in [4.69, 9.17) is 16.7 Å². The van der Waals surface area contributed by atoms with Crippen LogP contribution in [0.25, 0.3) is 0 Å². The lowest BCUT2D eigenvalue weighted by molar-refractivity contribution is -0.113. The molecule has 0 aliphatic heterocycles. The maximum absolute atomic E-state index is 11.8. The molecule has 0 radical (unpaired) electrons. The highest BCUT2D eigenvalue weighted by atomic mass is 35.5. The maximum Gasteiger partial charge on any atom is 0.335 e. The third-order valence-electron chi connectivity index (χ3n) is 2.90. The van der Waals surface area contributed by atoms with E-state index in [1.54, 1.807) is 11.8 Å². The van der Waals surface area contributed by atoms with Gasteiger partial charge in [-0.25, -0.2) is 4.79 Å². The minimum Gasteiger partial charge on any atom is -0.478 e. The van der Waals surface area contributed by atoms with Crippen LogP contribution >= 0.6 is 23.4 Å². The molecule has 1 aromatic rings. The van der Waals surface area contributed by atoms with Crippen molar-refractivity contribution in [3.8, 4) is 0 Å². The number of aromatic carboxylic acids is 1. The molecule has 0 aliphatic carbocycles. The fourth-order valence-corrected chi connectivity index (χ4v) is 2.38. The Hall–Kier alpha value is -1.20. The zero-order valence-electron chi connectivity index (χ0n) is 11.6. The minimum atomic E-state index is -1.06. The summed E-state index contributed by atoms with van der Waals surface area (Å²) in [5.74, 6) is -0.439. The van der Waals surface area contributed by atoms with Crippen LogP contribution < -0.4 is 5.32 Å². The molecule has 110 valence electrons. The molecule has 2 N–H and O–H groups in total. The first kappa shape index (κ1) is 16.9. The number of anilines is 1. The van der Waals surface area contributed by atoms with Crippen LogP contribution in [0.15, 0.2) is 18.2 Å². The van der Waals surface area contributed by atoms with Gasteiger partial charge in [0.25, 0.3) is 0 Å². The number of halogens is 1. The Balaban J connectivity index is 2.66. The van der Waals surface area contributed by atoms with Gasteiger partial charge in [0.05, 0.1) is 22.0 Å². The Morgan fingerprint density at radius 1 is 1.35 bits per heavy atom. The molecular weight excluding hydrogens is 298 g/mol. The number of carbonyl (C=O) groups is 2. The van der Waals surface area contributed by atoms with E-state index in [9.17, 15) is 9.59 Å². The quantitative estimate of drug-likeness (QED) is 0.839. The van der Waals surface area contributed by atoms with Gasteiger partial charge >= 0.3 is 5.97 Å². The van der Waals surface area contributed by atoms with Crippen molar-refractivity contribution in [1.82, 2.24) is 0 Å². The molecule has 0 aromatic heterocycles. The number of thioether (sulfide) groups is 1. The Bertz CT molecular complexity index is 505. The maximum atomic E-state index is 11.8. The molecule has 1 atom stereocenters. The number of carbonyl (C=O) groups excluding carboxylic acids is 1. The highest BCUT2D eigenvalue weighted by Crippen LogP contribution is 2.24. The monoisotopic (exact) mass is 315 g/mol. The van der Waals surface area contributed by atoms with Gasteiger partial charge in [0.2, 0.25) is 5.91 Å². The van der Waals surface area contributed by atoms with Crippen LogP contribution in [-0.4, -0.2) is 28.0 Å². The number of amides is 1. The summed E-state index contributed by atoms with van der Waals surface area (Å²) >= 11 is 7.50. The second-order valence-corrected chi connectivity index (χ2v) is 6.58. The van der Waals surface area contributed by atoms with Crippen LogP contribution in [0.3, 0.4) is 0 Å².